The Morgan fingerprint density at radius 1 is 1.08 bits per heavy atom. The Bertz CT molecular complexity index is 921. The summed E-state index contributed by atoms with van der Waals surface area (Å²) in [4.78, 5) is 12.3. The number of hydrogen-bond acceptors (Lipinski definition) is 5. The van der Waals surface area contributed by atoms with Gasteiger partial charge in [-0.15, -0.1) is 0 Å². The van der Waals surface area contributed by atoms with Crippen molar-refractivity contribution in [2.24, 2.45) is 0 Å². The molecule has 0 fully saturated rings. The fourth-order valence-electron chi connectivity index (χ4n) is 2.00. The van der Waals surface area contributed by atoms with Crippen molar-refractivity contribution in [2.45, 2.75) is 6.18 Å². The van der Waals surface area contributed by atoms with E-state index in [-0.39, 0.29) is 15.9 Å². The van der Waals surface area contributed by atoms with Crippen LogP contribution in [0, 0.1) is 0 Å². The number of pyridine rings is 1. The summed E-state index contributed by atoms with van der Waals surface area (Å²) in [5.74, 6) is 0.311. The SMILES string of the molecule is FC(F)(F)COc1ccc(Nc2ncnc3ccc(Cl)nc23)cc1Cl. The van der Waals surface area contributed by atoms with Gasteiger partial charge in [-0.2, -0.15) is 13.2 Å². The van der Waals surface area contributed by atoms with Gasteiger partial charge in [0.15, 0.2) is 12.4 Å². The van der Waals surface area contributed by atoms with E-state index in [1.807, 2.05) is 0 Å². The molecule has 0 spiro atoms. The highest BCUT2D eigenvalue weighted by atomic mass is 35.5. The molecule has 0 saturated carbocycles. The Morgan fingerprint density at radius 3 is 2.60 bits per heavy atom. The quantitative estimate of drug-likeness (QED) is 0.636. The normalized spacial score (nSPS) is 11.6. The number of benzene rings is 1. The second-order valence-electron chi connectivity index (χ2n) is 4.90. The summed E-state index contributed by atoms with van der Waals surface area (Å²) in [5, 5.41) is 3.28. The fourth-order valence-corrected chi connectivity index (χ4v) is 2.38. The minimum absolute atomic E-state index is 0.0265. The van der Waals surface area contributed by atoms with Crippen molar-refractivity contribution in [1.82, 2.24) is 15.0 Å². The third kappa shape index (κ3) is 4.40. The molecule has 0 atom stereocenters. The van der Waals surface area contributed by atoms with Gasteiger partial charge in [-0.3, -0.25) is 0 Å². The van der Waals surface area contributed by atoms with Gasteiger partial charge in [-0.25, -0.2) is 15.0 Å². The molecule has 130 valence electrons. The van der Waals surface area contributed by atoms with Crippen LogP contribution >= 0.6 is 23.2 Å². The van der Waals surface area contributed by atoms with E-state index in [2.05, 4.69) is 25.0 Å². The predicted octanol–water partition coefficient (Wildman–Crippen LogP) is 5.02. The fraction of sp³-hybridized carbons (Fsp3) is 0.133. The van der Waals surface area contributed by atoms with Crippen LogP contribution in [0.4, 0.5) is 24.7 Å². The zero-order chi connectivity index (χ0) is 18.0. The molecule has 2 aromatic heterocycles. The largest absolute Gasteiger partial charge is 0.483 e. The van der Waals surface area contributed by atoms with Gasteiger partial charge in [0, 0.05) is 5.69 Å². The van der Waals surface area contributed by atoms with Crippen molar-refractivity contribution in [2.75, 3.05) is 11.9 Å². The molecule has 1 aromatic carbocycles. The van der Waals surface area contributed by atoms with E-state index in [9.17, 15) is 13.2 Å². The van der Waals surface area contributed by atoms with Gasteiger partial charge in [0.25, 0.3) is 0 Å². The van der Waals surface area contributed by atoms with Crippen LogP contribution in [0.25, 0.3) is 11.0 Å². The van der Waals surface area contributed by atoms with Gasteiger partial charge in [0.2, 0.25) is 0 Å². The summed E-state index contributed by atoms with van der Waals surface area (Å²) in [6.45, 7) is -1.42. The molecule has 1 N–H and O–H groups in total. The average Bonchev–Trinajstić information content (AvgIpc) is 2.54. The number of nitrogens with zero attached hydrogens (tertiary/aromatic N) is 3. The van der Waals surface area contributed by atoms with Gasteiger partial charge in [-0.1, -0.05) is 23.2 Å². The van der Waals surface area contributed by atoms with Gasteiger partial charge >= 0.3 is 6.18 Å². The number of rotatable bonds is 4. The first-order valence-corrected chi connectivity index (χ1v) is 7.61. The van der Waals surface area contributed by atoms with Crippen molar-refractivity contribution in [3.63, 3.8) is 0 Å². The van der Waals surface area contributed by atoms with Gasteiger partial charge in [-0.05, 0) is 30.3 Å². The molecule has 0 radical (unpaired) electrons. The number of fused-ring (bicyclic) bond motifs is 1. The molecular weight excluding hydrogens is 380 g/mol. The summed E-state index contributed by atoms with van der Waals surface area (Å²) in [5.41, 5.74) is 1.52. The molecule has 0 amide bonds. The van der Waals surface area contributed by atoms with Crippen LogP contribution < -0.4 is 10.1 Å². The van der Waals surface area contributed by atoms with E-state index < -0.39 is 12.8 Å². The Labute approximate surface area is 149 Å². The molecule has 10 heteroatoms. The number of aromatic nitrogens is 3. The second kappa shape index (κ2) is 6.89. The molecule has 3 rings (SSSR count). The van der Waals surface area contributed by atoms with Crippen molar-refractivity contribution in [1.29, 1.82) is 0 Å². The Kier molecular flexibility index (Phi) is 4.82. The maximum atomic E-state index is 12.2. The lowest BCUT2D eigenvalue weighted by molar-refractivity contribution is -0.153. The topological polar surface area (TPSA) is 59.9 Å². The first kappa shape index (κ1) is 17.5. The molecule has 0 saturated heterocycles. The zero-order valence-corrected chi connectivity index (χ0v) is 13.8. The van der Waals surface area contributed by atoms with E-state index in [1.165, 1.54) is 24.5 Å². The maximum absolute atomic E-state index is 12.2. The van der Waals surface area contributed by atoms with Gasteiger partial charge in [0.1, 0.15) is 22.7 Å². The van der Waals surface area contributed by atoms with Crippen molar-refractivity contribution in [3.05, 3.63) is 46.8 Å². The zero-order valence-electron chi connectivity index (χ0n) is 12.3. The molecule has 0 unspecified atom stereocenters. The van der Waals surface area contributed by atoms with Crippen LogP contribution in [0.2, 0.25) is 10.2 Å². The Morgan fingerprint density at radius 2 is 1.88 bits per heavy atom. The standard InChI is InChI=1S/C15H9Cl2F3N4O/c16-9-5-8(1-3-11(9)25-6-15(18,19)20)23-14-13-10(21-7-22-14)2-4-12(17)24-13/h1-5,7H,6H2,(H,21,22,23). The van der Waals surface area contributed by atoms with Crippen molar-refractivity contribution >= 4 is 45.7 Å². The molecule has 0 aliphatic carbocycles. The average molecular weight is 389 g/mol. The first-order valence-electron chi connectivity index (χ1n) is 6.85. The predicted molar refractivity (Wildman–Crippen MR) is 88.6 cm³/mol. The minimum atomic E-state index is -4.44. The third-order valence-corrected chi connectivity index (χ3v) is 3.54. The lowest BCUT2D eigenvalue weighted by Crippen LogP contribution is -2.19. The van der Waals surface area contributed by atoms with Crippen molar-refractivity contribution in [3.8, 4) is 5.75 Å². The van der Waals surface area contributed by atoms with Crippen LogP contribution in [-0.4, -0.2) is 27.7 Å². The molecule has 0 aliphatic rings. The van der Waals surface area contributed by atoms with E-state index >= 15 is 0 Å². The molecule has 5 nitrogen and oxygen atoms in total. The lowest BCUT2D eigenvalue weighted by Gasteiger charge is -2.12. The van der Waals surface area contributed by atoms with Crippen LogP contribution in [0.1, 0.15) is 0 Å². The van der Waals surface area contributed by atoms with E-state index in [1.54, 1.807) is 12.1 Å². The first-order chi connectivity index (χ1) is 11.8. The number of ether oxygens (including phenoxy) is 1. The van der Waals surface area contributed by atoms with Crippen LogP contribution in [0.5, 0.6) is 5.75 Å². The highest BCUT2D eigenvalue weighted by molar-refractivity contribution is 6.32. The summed E-state index contributed by atoms with van der Waals surface area (Å²) in [6.07, 6.45) is -3.09. The smallest absolute Gasteiger partial charge is 0.422 e. The Hall–Kier alpha value is -2.32. The van der Waals surface area contributed by atoms with Crippen LogP contribution in [0.3, 0.4) is 0 Å². The highest BCUT2D eigenvalue weighted by Crippen LogP contribution is 2.31. The molecule has 0 aliphatic heterocycles. The number of alkyl halides is 3. The van der Waals surface area contributed by atoms with Gasteiger partial charge in [0.05, 0.1) is 10.5 Å². The van der Waals surface area contributed by atoms with Gasteiger partial charge < -0.3 is 10.1 Å². The van der Waals surface area contributed by atoms with E-state index in [0.29, 0.717) is 22.5 Å². The lowest BCUT2D eigenvalue weighted by atomic mass is 10.3. The van der Waals surface area contributed by atoms with E-state index in [4.69, 9.17) is 23.2 Å². The minimum Gasteiger partial charge on any atom is -0.483 e. The third-order valence-electron chi connectivity index (χ3n) is 3.03. The molecular formula is C15H9Cl2F3N4O. The second-order valence-corrected chi connectivity index (χ2v) is 5.69. The molecule has 2 heterocycles. The molecule has 25 heavy (non-hydrogen) atoms. The molecule has 0 bridgehead atoms. The molecule has 3 aromatic rings. The summed E-state index contributed by atoms with van der Waals surface area (Å²) < 4.78 is 41.3. The number of nitrogens with one attached hydrogen (secondary N) is 1. The summed E-state index contributed by atoms with van der Waals surface area (Å²) in [7, 11) is 0. The Balaban J connectivity index is 1.84. The number of halogens is 5. The van der Waals surface area contributed by atoms with Crippen LogP contribution in [-0.2, 0) is 0 Å². The summed E-state index contributed by atoms with van der Waals surface area (Å²) in [6, 6.07) is 7.56. The van der Waals surface area contributed by atoms with E-state index in [0.717, 1.165) is 0 Å². The summed E-state index contributed by atoms with van der Waals surface area (Å²) >= 11 is 11.9. The number of anilines is 2. The monoisotopic (exact) mass is 388 g/mol. The number of hydrogen-bond donors (Lipinski definition) is 1. The van der Waals surface area contributed by atoms with Crippen LogP contribution in [0.15, 0.2) is 36.7 Å². The maximum Gasteiger partial charge on any atom is 0.422 e. The highest BCUT2D eigenvalue weighted by Gasteiger charge is 2.28. The van der Waals surface area contributed by atoms with Crippen molar-refractivity contribution < 1.29 is 17.9 Å².